The minimum Gasteiger partial charge on any atom is -0.388 e. The van der Waals surface area contributed by atoms with Gasteiger partial charge in [-0.25, -0.2) is 9.97 Å². The third-order valence-corrected chi connectivity index (χ3v) is 1.06. The van der Waals surface area contributed by atoms with Crippen molar-refractivity contribution in [2.75, 3.05) is 0 Å². The zero-order chi connectivity index (χ0) is 6.69. The van der Waals surface area contributed by atoms with Crippen molar-refractivity contribution < 1.29 is 5.11 Å². The van der Waals surface area contributed by atoms with Crippen LogP contribution in [0.1, 0.15) is 5.82 Å². The van der Waals surface area contributed by atoms with E-state index in [0.29, 0.717) is 10.7 Å². The number of aromatic nitrogens is 2. The fourth-order valence-corrected chi connectivity index (χ4v) is 0.545. The van der Waals surface area contributed by atoms with Crippen LogP contribution in [0.5, 0.6) is 0 Å². The smallest absolute Gasteiger partial charge is 0.153 e. The molecule has 0 amide bonds. The van der Waals surface area contributed by atoms with Crippen LogP contribution in [0.3, 0.4) is 0 Å². The Morgan fingerprint density at radius 2 is 2.00 bits per heavy atom. The molecule has 0 saturated heterocycles. The molecule has 9 heavy (non-hydrogen) atoms. The number of aliphatic hydroxyl groups is 1. The topological polar surface area (TPSA) is 46.0 Å². The summed E-state index contributed by atoms with van der Waals surface area (Å²) in [5.74, 6) is 0.424. The maximum absolute atomic E-state index is 8.48. The van der Waals surface area contributed by atoms with Crippen LogP contribution in [-0.2, 0) is 6.61 Å². The van der Waals surface area contributed by atoms with Crippen LogP contribution in [0.2, 0.25) is 0 Å². The average molecular weight is 142 g/mol. The fourth-order valence-electron chi connectivity index (χ4n) is 0.430. The molecule has 1 N–H and O–H groups in total. The minimum absolute atomic E-state index is 0.117. The van der Waals surface area contributed by atoms with Gasteiger partial charge >= 0.3 is 0 Å². The second-order valence-electron chi connectivity index (χ2n) is 1.52. The van der Waals surface area contributed by atoms with Gasteiger partial charge in [-0.3, -0.25) is 0 Å². The summed E-state index contributed by atoms with van der Waals surface area (Å²) < 4.78 is 0. The number of thiol groups is 1. The summed E-state index contributed by atoms with van der Waals surface area (Å²) in [6.07, 6.45) is 3.09. The first-order valence-electron chi connectivity index (χ1n) is 2.43. The van der Waals surface area contributed by atoms with E-state index in [1.54, 1.807) is 12.4 Å². The number of hydrogen-bond donors (Lipinski definition) is 2. The predicted molar refractivity (Wildman–Crippen MR) is 35.2 cm³/mol. The van der Waals surface area contributed by atoms with Crippen molar-refractivity contribution in [3.63, 3.8) is 0 Å². The zero-order valence-electron chi connectivity index (χ0n) is 4.65. The molecular formula is C5H6N2OS. The van der Waals surface area contributed by atoms with Gasteiger partial charge in [0.2, 0.25) is 0 Å². The van der Waals surface area contributed by atoms with Gasteiger partial charge in [-0.1, -0.05) is 0 Å². The lowest BCUT2D eigenvalue weighted by Crippen LogP contribution is -1.91. The molecule has 0 fully saturated rings. The van der Waals surface area contributed by atoms with Gasteiger partial charge in [-0.15, -0.1) is 12.6 Å². The quantitative estimate of drug-likeness (QED) is 0.553. The van der Waals surface area contributed by atoms with E-state index in [-0.39, 0.29) is 6.61 Å². The van der Waals surface area contributed by atoms with E-state index in [4.69, 9.17) is 5.11 Å². The van der Waals surface area contributed by atoms with Crippen LogP contribution >= 0.6 is 12.6 Å². The van der Waals surface area contributed by atoms with Gasteiger partial charge in [-0.05, 0) is 0 Å². The molecular weight excluding hydrogens is 136 g/mol. The number of aliphatic hydroxyl groups excluding tert-OH is 1. The number of nitrogens with zero attached hydrogens (tertiary/aromatic N) is 2. The first kappa shape index (κ1) is 6.51. The Labute approximate surface area is 58.2 Å². The molecule has 0 aliphatic rings. The lowest BCUT2D eigenvalue weighted by atomic mass is 10.6. The number of hydrogen-bond acceptors (Lipinski definition) is 4. The molecule has 4 heteroatoms. The summed E-state index contributed by atoms with van der Waals surface area (Å²) in [5, 5.41) is 8.48. The Hall–Kier alpha value is -0.610. The van der Waals surface area contributed by atoms with Gasteiger partial charge in [-0.2, -0.15) is 0 Å². The summed E-state index contributed by atoms with van der Waals surface area (Å²) in [6, 6.07) is 0. The third kappa shape index (κ3) is 1.65. The molecule has 1 heterocycles. The van der Waals surface area contributed by atoms with Crippen molar-refractivity contribution in [2.45, 2.75) is 11.5 Å². The number of rotatable bonds is 1. The van der Waals surface area contributed by atoms with Gasteiger partial charge in [0.1, 0.15) is 6.61 Å². The Morgan fingerprint density at radius 3 is 2.44 bits per heavy atom. The molecule has 0 bridgehead atoms. The predicted octanol–water partition coefficient (Wildman–Crippen LogP) is 0.258. The standard InChI is InChI=1S/C5H6N2OS/c8-3-5-6-1-4(9)2-7-5/h1-2,8-9H,3H2. The molecule has 0 aromatic carbocycles. The normalized spacial score (nSPS) is 9.56. The summed E-state index contributed by atoms with van der Waals surface area (Å²) in [4.78, 5) is 8.22. The van der Waals surface area contributed by atoms with Crippen LogP contribution < -0.4 is 0 Å². The molecule has 48 valence electrons. The van der Waals surface area contributed by atoms with Gasteiger partial charge in [0.25, 0.3) is 0 Å². The molecule has 0 atom stereocenters. The Kier molecular flexibility index (Phi) is 2.02. The Morgan fingerprint density at radius 1 is 1.44 bits per heavy atom. The van der Waals surface area contributed by atoms with Crippen molar-refractivity contribution in [2.24, 2.45) is 0 Å². The van der Waals surface area contributed by atoms with E-state index < -0.39 is 0 Å². The van der Waals surface area contributed by atoms with Crippen LogP contribution in [0.25, 0.3) is 0 Å². The van der Waals surface area contributed by atoms with Crippen LogP contribution in [0.4, 0.5) is 0 Å². The van der Waals surface area contributed by atoms with Crippen LogP contribution in [-0.4, -0.2) is 15.1 Å². The van der Waals surface area contributed by atoms with E-state index in [1.165, 1.54) is 0 Å². The summed E-state index contributed by atoms with van der Waals surface area (Å²) >= 11 is 3.96. The van der Waals surface area contributed by atoms with E-state index in [1.807, 2.05) is 0 Å². The van der Waals surface area contributed by atoms with Crippen LogP contribution in [0.15, 0.2) is 17.3 Å². The van der Waals surface area contributed by atoms with Crippen molar-refractivity contribution >= 4 is 12.6 Å². The average Bonchev–Trinajstić information content (AvgIpc) is 1.90. The molecule has 0 radical (unpaired) electrons. The molecule has 1 rings (SSSR count). The third-order valence-electron chi connectivity index (χ3n) is 0.833. The summed E-state index contributed by atoms with van der Waals surface area (Å²) in [7, 11) is 0. The highest BCUT2D eigenvalue weighted by Gasteiger charge is 1.89. The van der Waals surface area contributed by atoms with Crippen molar-refractivity contribution in [3.05, 3.63) is 18.2 Å². The molecule has 1 aromatic rings. The van der Waals surface area contributed by atoms with Gasteiger partial charge < -0.3 is 5.11 Å². The van der Waals surface area contributed by atoms with Crippen molar-refractivity contribution in [3.8, 4) is 0 Å². The SMILES string of the molecule is OCc1ncc(S)cn1. The van der Waals surface area contributed by atoms with E-state index in [2.05, 4.69) is 22.6 Å². The Bertz CT molecular complexity index is 187. The second-order valence-corrected chi connectivity index (χ2v) is 2.03. The molecule has 3 nitrogen and oxygen atoms in total. The van der Waals surface area contributed by atoms with Crippen molar-refractivity contribution in [1.29, 1.82) is 0 Å². The zero-order valence-corrected chi connectivity index (χ0v) is 5.55. The maximum atomic E-state index is 8.48. The molecule has 1 aromatic heterocycles. The van der Waals surface area contributed by atoms with E-state index in [0.717, 1.165) is 0 Å². The summed E-state index contributed by atoms with van der Waals surface area (Å²) in [5.41, 5.74) is 0. The Balaban J connectivity index is 2.88. The van der Waals surface area contributed by atoms with E-state index >= 15 is 0 Å². The highest BCUT2D eigenvalue weighted by molar-refractivity contribution is 7.80. The van der Waals surface area contributed by atoms with Crippen molar-refractivity contribution in [1.82, 2.24) is 9.97 Å². The maximum Gasteiger partial charge on any atom is 0.153 e. The lowest BCUT2D eigenvalue weighted by Gasteiger charge is -1.91. The summed E-state index contributed by atoms with van der Waals surface area (Å²) in [6.45, 7) is -0.117. The molecule has 0 aliphatic carbocycles. The van der Waals surface area contributed by atoms with Gasteiger partial charge in [0.15, 0.2) is 5.82 Å². The highest BCUT2D eigenvalue weighted by atomic mass is 32.1. The van der Waals surface area contributed by atoms with Gasteiger partial charge in [0, 0.05) is 17.3 Å². The van der Waals surface area contributed by atoms with E-state index in [9.17, 15) is 0 Å². The first-order valence-corrected chi connectivity index (χ1v) is 2.88. The van der Waals surface area contributed by atoms with Gasteiger partial charge in [0.05, 0.1) is 0 Å². The second kappa shape index (κ2) is 2.80. The molecule has 0 saturated carbocycles. The molecule has 0 aliphatic heterocycles. The largest absolute Gasteiger partial charge is 0.388 e. The monoisotopic (exact) mass is 142 g/mol. The lowest BCUT2D eigenvalue weighted by molar-refractivity contribution is 0.271. The minimum atomic E-state index is -0.117. The fraction of sp³-hybridized carbons (Fsp3) is 0.200. The molecule has 0 spiro atoms. The van der Waals surface area contributed by atoms with Crippen LogP contribution in [0, 0.1) is 0 Å². The highest BCUT2D eigenvalue weighted by Crippen LogP contribution is 1.99. The molecule has 0 unspecified atom stereocenters. The first-order chi connectivity index (χ1) is 4.33.